The molecule has 1 aromatic heterocycles. The summed E-state index contributed by atoms with van der Waals surface area (Å²) in [6, 6.07) is 14.8. The summed E-state index contributed by atoms with van der Waals surface area (Å²) < 4.78 is 21.7. The van der Waals surface area contributed by atoms with Crippen LogP contribution in [0.4, 0.5) is 10.1 Å². The van der Waals surface area contributed by atoms with Crippen molar-refractivity contribution in [1.29, 1.82) is 0 Å². The Morgan fingerprint density at radius 1 is 1.05 bits per heavy atom. The predicted molar refractivity (Wildman–Crippen MR) is 143 cm³/mol. The van der Waals surface area contributed by atoms with Gasteiger partial charge in [-0.25, -0.2) is 9.37 Å². The van der Waals surface area contributed by atoms with E-state index in [0.29, 0.717) is 29.1 Å². The molecule has 4 rings (SSSR count). The second-order valence-electron chi connectivity index (χ2n) is 8.80. The summed E-state index contributed by atoms with van der Waals surface area (Å²) in [5.41, 5.74) is 5.84. The fourth-order valence-electron chi connectivity index (χ4n) is 4.45. The van der Waals surface area contributed by atoms with Gasteiger partial charge in [-0.15, -0.1) is 0 Å². The topological polar surface area (TPSA) is 85.2 Å². The van der Waals surface area contributed by atoms with Crippen molar-refractivity contribution in [3.05, 3.63) is 99.5 Å². The molecular weight excluding hydrogens is 471 g/mol. The quantitative estimate of drug-likeness (QED) is 0.379. The Bertz CT molecular complexity index is 1550. The first-order valence-corrected chi connectivity index (χ1v) is 11.8. The molecule has 0 radical (unpaired) electrons. The highest BCUT2D eigenvalue weighted by Gasteiger charge is 2.18. The average Bonchev–Trinajstić information content (AvgIpc) is 2.88. The summed E-state index contributed by atoms with van der Waals surface area (Å²) in [6.07, 6.45) is 2.62. The SMILES string of the molecule is CNCc1c(F)cc(-c2cccc(-c3cccc(NC(=O)c4cncn(C)c4=O)c3C)c2C)cc1OC. The van der Waals surface area contributed by atoms with Gasteiger partial charge in [0.15, 0.2) is 0 Å². The van der Waals surface area contributed by atoms with Gasteiger partial charge in [0.05, 0.1) is 13.4 Å². The van der Waals surface area contributed by atoms with Gasteiger partial charge in [0.25, 0.3) is 11.5 Å². The molecule has 0 bridgehead atoms. The number of anilines is 1. The van der Waals surface area contributed by atoms with Crippen LogP contribution in [0, 0.1) is 19.7 Å². The molecule has 0 spiro atoms. The maximum absolute atomic E-state index is 15.0. The van der Waals surface area contributed by atoms with E-state index in [9.17, 15) is 14.0 Å². The predicted octanol–water partition coefficient (Wildman–Crippen LogP) is 4.85. The molecule has 3 aromatic carbocycles. The van der Waals surface area contributed by atoms with Crippen LogP contribution >= 0.6 is 0 Å². The normalized spacial score (nSPS) is 10.9. The van der Waals surface area contributed by atoms with Gasteiger partial charge in [0, 0.05) is 31.0 Å². The molecule has 1 heterocycles. The van der Waals surface area contributed by atoms with Gasteiger partial charge < -0.3 is 19.9 Å². The highest BCUT2D eigenvalue weighted by Crippen LogP contribution is 2.37. The van der Waals surface area contributed by atoms with Gasteiger partial charge in [0.1, 0.15) is 17.1 Å². The number of ether oxygens (including phenoxy) is 1. The molecular formula is C29H29FN4O3. The first-order valence-electron chi connectivity index (χ1n) is 11.8. The zero-order chi connectivity index (χ0) is 26.7. The number of carbonyl (C=O) groups is 1. The largest absolute Gasteiger partial charge is 0.496 e. The van der Waals surface area contributed by atoms with Crippen molar-refractivity contribution in [3.8, 4) is 28.0 Å². The van der Waals surface area contributed by atoms with E-state index >= 15 is 0 Å². The molecule has 0 fully saturated rings. The fourth-order valence-corrected chi connectivity index (χ4v) is 4.45. The number of halogens is 1. The van der Waals surface area contributed by atoms with Crippen LogP contribution in [0.15, 0.2) is 65.8 Å². The molecule has 190 valence electrons. The molecule has 0 aliphatic heterocycles. The van der Waals surface area contributed by atoms with Crippen LogP contribution in [-0.2, 0) is 13.6 Å². The lowest BCUT2D eigenvalue weighted by molar-refractivity contribution is 0.102. The van der Waals surface area contributed by atoms with Gasteiger partial charge in [-0.05, 0) is 72.5 Å². The van der Waals surface area contributed by atoms with E-state index in [2.05, 4.69) is 15.6 Å². The lowest BCUT2D eigenvalue weighted by Gasteiger charge is -2.18. The van der Waals surface area contributed by atoms with Crippen LogP contribution in [0.3, 0.4) is 0 Å². The Balaban J connectivity index is 1.74. The van der Waals surface area contributed by atoms with Crippen molar-refractivity contribution >= 4 is 11.6 Å². The number of rotatable bonds is 7. The number of nitrogens with one attached hydrogen (secondary N) is 2. The number of hydrogen-bond acceptors (Lipinski definition) is 5. The van der Waals surface area contributed by atoms with Crippen molar-refractivity contribution < 1.29 is 13.9 Å². The minimum Gasteiger partial charge on any atom is -0.496 e. The highest BCUT2D eigenvalue weighted by molar-refractivity contribution is 6.04. The first kappa shape index (κ1) is 25.8. The van der Waals surface area contributed by atoms with Gasteiger partial charge in [-0.3, -0.25) is 9.59 Å². The van der Waals surface area contributed by atoms with Crippen LogP contribution in [0.25, 0.3) is 22.3 Å². The van der Waals surface area contributed by atoms with Crippen molar-refractivity contribution in [2.24, 2.45) is 7.05 Å². The maximum atomic E-state index is 15.0. The molecule has 1 amide bonds. The minimum absolute atomic E-state index is 0.0364. The van der Waals surface area contributed by atoms with E-state index in [1.165, 1.54) is 30.3 Å². The second-order valence-corrected chi connectivity index (χ2v) is 8.80. The summed E-state index contributed by atoms with van der Waals surface area (Å²) >= 11 is 0. The van der Waals surface area contributed by atoms with E-state index in [1.54, 1.807) is 20.2 Å². The highest BCUT2D eigenvalue weighted by atomic mass is 19.1. The van der Waals surface area contributed by atoms with Gasteiger partial charge in [-0.1, -0.05) is 30.3 Å². The van der Waals surface area contributed by atoms with Crippen LogP contribution in [0.5, 0.6) is 5.75 Å². The second kappa shape index (κ2) is 10.8. The lowest BCUT2D eigenvalue weighted by atomic mass is 9.90. The van der Waals surface area contributed by atoms with Crippen molar-refractivity contribution in [2.75, 3.05) is 19.5 Å². The number of hydrogen-bond donors (Lipinski definition) is 2. The van der Waals surface area contributed by atoms with Crippen molar-refractivity contribution in [3.63, 3.8) is 0 Å². The van der Waals surface area contributed by atoms with Gasteiger partial charge >= 0.3 is 0 Å². The molecule has 8 heteroatoms. The molecule has 0 aliphatic carbocycles. The zero-order valence-electron chi connectivity index (χ0n) is 21.5. The molecule has 2 N–H and O–H groups in total. The Morgan fingerprint density at radius 2 is 1.73 bits per heavy atom. The number of carbonyl (C=O) groups excluding carboxylic acids is 1. The standard InChI is InChI=1S/C29H29FN4O3/c1-17-20(19-12-25(30)23(14-31-3)27(13-19)37-5)8-6-9-21(17)22-10-7-11-26(18(22)2)33-28(35)24-15-32-16-34(4)29(24)36/h6-13,15-16,31H,14H2,1-5H3,(H,33,35). The van der Waals surface area contributed by atoms with E-state index < -0.39 is 11.5 Å². The van der Waals surface area contributed by atoms with Crippen LogP contribution in [0.1, 0.15) is 27.0 Å². The number of methoxy groups -OCH3 is 1. The summed E-state index contributed by atoms with van der Waals surface area (Å²) in [6.45, 7) is 4.26. The van der Waals surface area contributed by atoms with Crippen molar-refractivity contribution in [2.45, 2.75) is 20.4 Å². The third kappa shape index (κ3) is 5.01. The Kier molecular flexibility index (Phi) is 7.50. The van der Waals surface area contributed by atoms with Crippen LogP contribution < -0.4 is 20.9 Å². The number of nitrogens with zero attached hydrogens (tertiary/aromatic N) is 2. The molecule has 0 aliphatic rings. The molecule has 0 unspecified atom stereocenters. The molecule has 4 aromatic rings. The molecule has 0 atom stereocenters. The molecule has 0 saturated carbocycles. The van der Waals surface area contributed by atoms with Gasteiger partial charge in [-0.2, -0.15) is 0 Å². The van der Waals surface area contributed by atoms with E-state index in [1.807, 2.05) is 50.2 Å². The van der Waals surface area contributed by atoms with E-state index in [-0.39, 0.29) is 11.4 Å². The van der Waals surface area contributed by atoms with Gasteiger partial charge in [0.2, 0.25) is 0 Å². The van der Waals surface area contributed by atoms with Crippen LogP contribution in [-0.4, -0.2) is 29.6 Å². The number of aromatic nitrogens is 2. The van der Waals surface area contributed by atoms with Crippen LogP contribution in [0.2, 0.25) is 0 Å². The zero-order valence-corrected chi connectivity index (χ0v) is 21.5. The monoisotopic (exact) mass is 500 g/mol. The Labute approximate surface area is 215 Å². The lowest BCUT2D eigenvalue weighted by Crippen LogP contribution is -2.28. The molecule has 7 nitrogen and oxygen atoms in total. The average molecular weight is 501 g/mol. The van der Waals surface area contributed by atoms with Crippen molar-refractivity contribution in [1.82, 2.24) is 14.9 Å². The Hall–Kier alpha value is -4.30. The number of aryl methyl sites for hydroxylation is 1. The number of amides is 1. The Morgan fingerprint density at radius 3 is 2.43 bits per heavy atom. The number of benzene rings is 3. The molecule has 37 heavy (non-hydrogen) atoms. The summed E-state index contributed by atoms with van der Waals surface area (Å²) in [7, 11) is 4.84. The van der Waals surface area contributed by atoms with E-state index in [4.69, 9.17) is 4.74 Å². The molecule has 0 saturated heterocycles. The minimum atomic E-state index is -0.524. The first-order chi connectivity index (χ1) is 17.8. The fraction of sp³-hybridized carbons (Fsp3) is 0.207. The summed E-state index contributed by atoms with van der Waals surface area (Å²) in [5.74, 6) is -0.379. The smallest absolute Gasteiger partial charge is 0.265 e. The summed E-state index contributed by atoms with van der Waals surface area (Å²) in [5, 5.41) is 5.82. The summed E-state index contributed by atoms with van der Waals surface area (Å²) in [4.78, 5) is 29.1. The third-order valence-electron chi connectivity index (χ3n) is 6.48. The maximum Gasteiger partial charge on any atom is 0.265 e. The third-order valence-corrected chi connectivity index (χ3v) is 6.48. The van der Waals surface area contributed by atoms with E-state index in [0.717, 1.165) is 27.8 Å².